The van der Waals surface area contributed by atoms with Gasteiger partial charge < -0.3 is 19.1 Å². The number of carbonyl (C=O) groups is 3. The van der Waals surface area contributed by atoms with Crippen LogP contribution in [-0.2, 0) is 4.79 Å². The van der Waals surface area contributed by atoms with E-state index in [-0.39, 0.29) is 32.7 Å². The first-order valence-electron chi connectivity index (χ1n) is 11.4. The Morgan fingerprint density at radius 2 is 1.44 bits per heavy atom. The van der Waals surface area contributed by atoms with E-state index in [4.69, 9.17) is 37.4 Å². The van der Waals surface area contributed by atoms with Crippen molar-refractivity contribution < 1.29 is 33.5 Å². The molecule has 13 heteroatoms. The molecule has 1 fully saturated rings. The van der Waals surface area contributed by atoms with Gasteiger partial charge in [-0.25, -0.2) is 0 Å². The quantitative estimate of drug-likeness (QED) is 0.173. The standard InChI is InChI=1S/C26H19Cl2N3O8/c1-37-18-7-12(8-19(38-2)23(18)39-3)21-22(26(34)29(21)15-10-13(27)9-14(28)11-15)30-24(32)16-5-4-6-17(31(35)36)20(16)25(30)33/h4-11,21-22H,1-3H3/t21-,22+/m0/s1. The van der Waals surface area contributed by atoms with Gasteiger partial charge in [0.15, 0.2) is 11.5 Å². The van der Waals surface area contributed by atoms with Crippen molar-refractivity contribution in [2.24, 2.45) is 0 Å². The molecule has 0 radical (unpaired) electrons. The summed E-state index contributed by atoms with van der Waals surface area (Å²) in [4.78, 5) is 53.6. The molecule has 2 atom stereocenters. The number of methoxy groups -OCH3 is 3. The Labute approximate surface area is 231 Å². The zero-order chi connectivity index (χ0) is 28.2. The van der Waals surface area contributed by atoms with Gasteiger partial charge in [-0.05, 0) is 42.0 Å². The molecular weight excluding hydrogens is 553 g/mol. The highest BCUT2D eigenvalue weighted by Crippen LogP contribution is 2.49. The fraction of sp³-hybridized carbons (Fsp3) is 0.192. The molecule has 3 amide bonds. The lowest BCUT2D eigenvalue weighted by atomic mass is 9.86. The largest absolute Gasteiger partial charge is 0.493 e. The number of β-lactam (4-membered cyclic amide) rings is 1. The highest BCUT2D eigenvalue weighted by Gasteiger charge is 2.58. The van der Waals surface area contributed by atoms with Crippen LogP contribution in [0.1, 0.15) is 32.3 Å². The van der Waals surface area contributed by atoms with Gasteiger partial charge in [-0.15, -0.1) is 0 Å². The first-order valence-corrected chi connectivity index (χ1v) is 12.1. The van der Waals surface area contributed by atoms with Gasteiger partial charge in [0.25, 0.3) is 23.4 Å². The van der Waals surface area contributed by atoms with Gasteiger partial charge in [-0.3, -0.25) is 29.4 Å². The number of fused-ring (bicyclic) bond motifs is 1. The maximum absolute atomic E-state index is 13.7. The summed E-state index contributed by atoms with van der Waals surface area (Å²) < 4.78 is 16.3. The number of nitro groups is 1. The van der Waals surface area contributed by atoms with E-state index >= 15 is 0 Å². The van der Waals surface area contributed by atoms with Crippen molar-refractivity contribution in [1.82, 2.24) is 4.90 Å². The molecule has 5 rings (SSSR count). The number of carbonyl (C=O) groups excluding carboxylic acids is 3. The van der Waals surface area contributed by atoms with Crippen LogP contribution >= 0.6 is 23.2 Å². The third-order valence-electron chi connectivity index (χ3n) is 6.62. The highest BCUT2D eigenvalue weighted by molar-refractivity contribution is 6.35. The van der Waals surface area contributed by atoms with E-state index < -0.39 is 40.4 Å². The number of ether oxygens (including phenoxy) is 3. The van der Waals surface area contributed by atoms with E-state index in [1.54, 1.807) is 12.1 Å². The van der Waals surface area contributed by atoms with E-state index in [9.17, 15) is 24.5 Å². The Kier molecular flexibility index (Phi) is 6.57. The number of nitrogens with zero attached hydrogens (tertiary/aromatic N) is 3. The second-order valence-corrected chi connectivity index (χ2v) is 9.49. The van der Waals surface area contributed by atoms with Crippen molar-refractivity contribution in [3.05, 3.63) is 85.4 Å². The number of amides is 3. The summed E-state index contributed by atoms with van der Waals surface area (Å²) in [6.45, 7) is 0. The first kappa shape index (κ1) is 26.3. The number of halogens is 2. The van der Waals surface area contributed by atoms with Crippen LogP contribution in [0.5, 0.6) is 17.2 Å². The molecule has 39 heavy (non-hydrogen) atoms. The number of hydrogen-bond acceptors (Lipinski definition) is 8. The Balaban J connectivity index is 1.68. The number of hydrogen-bond donors (Lipinski definition) is 0. The molecule has 2 aliphatic rings. The molecule has 11 nitrogen and oxygen atoms in total. The summed E-state index contributed by atoms with van der Waals surface area (Å²) in [5, 5.41) is 12.1. The molecule has 0 N–H and O–H groups in total. The predicted molar refractivity (Wildman–Crippen MR) is 140 cm³/mol. The zero-order valence-electron chi connectivity index (χ0n) is 20.6. The van der Waals surface area contributed by atoms with Crippen LogP contribution in [0.25, 0.3) is 0 Å². The molecule has 0 aliphatic carbocycles. The molecule has 3 aromatic rings. The lowest BCUT2D eigenvalue weighted by Gasteiger charge is -2.49. The van der Waals surface area contributed by atoms with Gasteiger partial charge >= 0.3 is 0 Å². The Bertz CT molecular complexity index is 1530. The molecule has 3 aromatic carbocycles. The molecule has 2 aliphatic heterocycles. The predicted octanol–water partition coefficient (Wildman–Crippen LogP) is 4.68. The Hall–Kier alpha value is -4.35. The van der Waals surface area contributed by atoms with Gasteiger partial charge in [0.2, 0.25) is 5.75 Å². The molecule has 0 saturated carbocycles. The normalized spacial score (nSPS) is 18.1. The topological polar surface area (TPSA) is 129 Å². The third-order valence-corrected chi connectivity index (χ3v) is 7.06. The van der Waals surface area contributed by atoms with Gasteiger partial charge in [0, 0.05) is 21.8 Å². The van der Waals surface area contributed by atoms with E-state index in [1.165, 1.54) is 56.6 Å². The van der Waals surface area contributed by atoms with Crippen molar-refractivity contribution in [1.29, 1.82) is 0 Å². The summed E-state index contributed by atoms with van der Waals surface area (Å²) in [7, 11) is 4.27. The van der Waals surface area contributed by atoms with Crippen molar-refractivity contribution >= 4 is 52.3 Å². The highest BCUT2D eigenvalue weighted by atomic mass is 35.5. The number of nitro benzene ring substituents is 1. The van der Waals surface area contributed by atoms with E-state index in [0.29, 0.717) is 17.0 Å². The van der Waals surface area contributed by atoms with Crippen LogP contribution in [0.2, 0.25) is 10.0 Å². The summed E-state index contributed by atoms with van der Waals surface area (Å²) in [5.41, 5.74) is -0.308. The van der Waals surface area contributed by atoms with Crippen LogP contribution in [-0.4, -0.2) is 54.9 Å². The van der Waals surface area contributed by atoms with Gasteiger partial charge in [-0.1, -0.05) is 29.3 Å². The summed E-state index contributed by atoms with van der Waals surface area (Å²) in [5.74, 6) is -1.55. The molecule has 0 unspecified atom stereocenters. The van der Waals surface area contributed by atoms with Crippen molar-refractivity contribution in [2.75, 3.05) is 26.2 Å². The Morgan fingerprint density at radius 3 is 1.97 bits per heavy atom. The third kappa shape index (κ3) is 4.01. The Morgan fingerprint density at radius 1 is 0.821 bits per heavy atom. The molecular formula is C26H19Cl2N3O8. The monoisotopic (exact) mass is 571 g/mol. The SMILES string of the molecule is COc1cc([C@H]2[C@@H](N3C(=O)c4cccc([N+](=O)[O-])c4C3=O)C(=O)N2c2cc(Cl)cc(Cl)c2)cc(OC)c1OC. The molecule has 0 spiro atoms. The zero-order valence-corrected chi connectivity index (χ0v) is 22.1. The average molecular weight is 572 g/mol. The lowest BCUT2D eigenvalue weighted by Crippen LogP contribution is -2.67. The number of imide groups is 1. The van der Waals surface area contributed by atoms with Crippen LogP contribution < -0.4 is 19.1 Å². The fourth-order valence-electron chi connectivity index (χ4n) is 4.99. The number of rotatable bonds is 7. The van der Waals surface area contributed by atoms with E-state index in [2.05, 4.69) is 0 Å². The van der Waals surface area contributed by atoms with E-state index in [0.717, 1.165) is 11.0 Å². The second-order valence-electron chi connectivity index (χ2n) is 8.62. The maximum atomic E-state index is 13.7. The molecule has 0 bridgehead atoms. The maximum Gasteiger partial charge on any atom is 0.282 e. The van der Waals surface area contributed by atoms with Gasteiger partial charge in [0.05, 0.1) is 37.9 Å². The minimum Gasteiger partial charge on any atom is -0.493 e. The smallest absolute Gasteiger partial charge is 0.282 e. The second kappa shape index (κ2) is 9.75. The first-order chi connectivity index (χ1) is 18.6. The number of benzene rings is 3. The average Bonchev–Trinajstić information content (AvgIpc) is 3.15. The van der Waals surface area contributed by atoms with Crippen LogP contribution in [0.15, 0.2) is 48.5 Å². The van der Waals surface area contributed by atoms with Crippen molar-refractivity contribution in [3.63, 3.8) is 0 Å². The van der Waals surface area contributed by atoms with Crippen LogP contribution in [0.4, 0.5) is 11.4 Å². The molecule has 2 heterocycles. The molecule has 0 aromatic heterocycles. The fourth-order valence-corrected chi connectivity index (χ4v) is 5.50. The summed E-state index contributed by atoms with van der Waals surface area (Å²) in [6, 6.07) is 9.15. The van der Waals surface area contributed by atoms with Gasteiger partial charge in [0.1, 0.15) is 11.6 Å². The molecule has 200 valence electrons. The minimum absolute atomic E-state index is 0.158. The summed E-state index contributed by atoms with van der Waals surface area (Å²) >= 11 is 12.4. The molecule has 1 saturated heterocycles. The van der Waals surface area contributed by atoms with Gasteiger partial charge in [-0.2, -0.15) is 0 Å². The van der Waals surface area contributed by atoms with Crippen LogP contribution in [0.3, 0.4) is 0 Å². The summed E-state index contributed by atoms with van der Waals surface area (Å²) in [6.07, 6.45) is 0. The van der Waals surface area contributed by atoms with Crippen molar-refractivity contribution in [2.45, 2.75) is 12.1 Å². The van der Waals surface area contributed by atoms with Crippen molar-refractivity contribution in [3.8, 4) is 17.2 Å². The number of anilines is 1. The lowest BCUT2D eigenvalue weighted by molar-refractivity contribution is -0.385. The van der Waals surface area contributed by atoms with E-state index in [1.807, 2.05) is 0 Å². The minimum atomic E-state index is -1.35. The van der Waals surface area contributed by atoms with Crippen LogP contribution in [0, 0.1) is 10.1 Å².